The van der Waals surface area contributed by atoms with Gasteiger partial charge in [0.2, 0.25) is 0 Å². The van der Waals surface area contributed by atoms with Gasteiger partial charge in [-0.25, -0.2) is 0 Å². The van der Waals surface area contributed by atoms with Gasteiger partial charge in [-0.15, -0.1) is 0 Å². The molecule has 0 aliphatic carbocycles. The highest BCUT2D eigenvalue weighted by atomic mass is 16.1. The molecule has 1 aliphatic heterocycles. The molecule has 19 heavy (non-hydrogen) atoms. The summed E-state index contributed by atoms with van der Waals surface area (Å²) in [6.07, 6.45) is 0. The fourth-order valence-electron chi connectivity index (χ4n) is 2.37. The van der Waals surface area contributed by atoms with Gasteiger partial charge in [-0.2, -0.15) is 0 Å². The Morgan fingerprint density at radius 1 is 1.21 bits per heavy atom. The number of hydrogen-bond donors (Lipinski definition) is 4. The van der Waals surface area contributed by atoms with Crippen molar-refractivity contribution >= 4 is 5.91 Å². The zero-order valence-electron chi connectivity index (χ0n) is 11.4. The lowest BCUT2D eigenvalue weighted by Gasteiger charge is -2.18. The molecule has 2 rings (SSSR count). The first-order valence-electron chi connectivity index (χ1n) is 6.70. The van der Waals surface area contributed by atoms with Crippen molar-refractivity contribution in [1.82, 2.24) is 16.2 Å². The van der Waals surface area contributed by atoms with Gasteiger partial charge in [0.25, 0.3) is 5.91 Å². The van der Waals surface area contributed by atoms with E-state index in [-0.39, 0.29) is 5.91 Å². The van der Waals surface area contributed by atoms with E-state index in [0.717, 1.165) is 5.56 Å². The van der Waals surface area contributed by atoms with Crippen LogP contribution in [-0.4, -0.2) is 24.5 Å². The van der Waals surface area contributed by atoms with Crippen molar-refractivity contribution in [3.05, 3.63) is 35.4 Å². The minimum atomic E-state index is -0.0325. The normalized spacial score (nSPS) is 26.4. The van der Waals surface area contributed by atoms with Crippen LogP contribution in [0.2, 0.25) is 0 Å². The van der Waals surface area contributed by atoms with Gasteiger partial charge in [0.15, 0.2) is 0 Å². The maximum Gasteiger partial charge on any atom is 0.251 e. The summed E-state index contributed by atoms with van der Waals surface area (Å²) in [4.78, 5) is 12.0. The van der Waals surface area contributed by atoms with E-state index < -0.39 is 0 Å². The number of nitrogens with two attached hydrogens (primary N) is 1. The number of hydrogen-bond acceptors (Lipinski definition) is 4. The molecule has 5 nitrogen and oxygen atoms in total. The van der Waals surface area contributed by atoms with E-state index in [9.17, 15) is 4.79 Å². The Kier molecular flexibility index (Phi) is 4.52. The number of nitrogens with one attached hydrogen (secondary N) is 3. The van der Waals surface area contributed by atoms with Crippen LogP contribution >= 0.6 is 0 Å². The number of carbonyl (C=O) groups excluding carboxylic acids is 1. The number of carbonyl (C=O) groups is 1. The van der Waals surface area contributed by atoms with Crippen LogP contribution in [0.1, 0.15) is 29.8 Å². The van der Waals surface area contributed by atoms with Gasteiger partial charge in [-0.05, 0) is 31.5 Å². The molecule has 0 aromatic heterocycles. The van der Waals surface area contributed by atoms with Crippen LogP contribution in [0.15, 0.2) is 24.3 Å². The molecule has 1 aromatic rings. The van der Waals surface area contributed by atoms with Crippen molar-refractivity contribution in [3.8, 4) is 0 Å². The summed E-state index contributed by atoms with van der Waals surface area (Å²) in [5.41, 5.74) is 13.6. The minimum Gasteiger partial charge on any atom is -0.352 e. The van der Waals surface area contributed by atoms with Crippen molar-refractivity contribution in [2.24, 2.45) is 11.7 Å². The molecule has 0 saturated carbocycles. The fourth-order valence-corrected chi connectivity index (χ4v) is 2.37. The summed E-state index contributed by atoms with van der Waals surface area (Å²) in [6.45, 7) is 5.39. The summed E-state index contributed by atoms with van der Waals surface area (Å²) in [6, 6.07) is 8.12. The predicted molar refractivity (Wildman–Crippen MR) is 75.4 cm³/mol. The Morgan fingerprint density at radius 3 is 2.32 bits per heavy atom. The summed E-state index contributed by atoms with van der Waals surface area (Å²) >= 11 is 0. The zero-order valence-corrected chi connectivity index (χ0v) is 11.4. The maximum absolute atomic E-state index is 12.0. The largest absolute Gasteiger partial charge is 0.352 e. The van der Waals surface area contributed by atoms with Gasteiger partial charge in [0.1, 0.15) is 0 Å². The molecule has 1 amide bonds. The van der Waals surface area contributed by atoms with E-state index >= 15 is 0 Å². The molecular formula is C14H22N4O. The van der Waals surface area contributed by atoms with Crippen LogP contribution in [0.4, 0.5) is 0 Å². The number of rotatable bonds is 4. The number of benzene rings is 1. The maximum atomic E-state index is 12.0. The molecule has 1 saturated heterocycles. The Balaban J connectivity index is 1.90. The van der Waals surface area contributed by atoms with Gasteiger partial charge in [0.05, 0.1) is 0 Å². The van der Waals surface area contributed by atoms with Crippen molar-refractivity contribution in [2.45, 2.75) is 32.5 Å². The second kappa shape index (κ2) is 6.14. The van der Waals surface area contributed by atoms with E-state index in [1.807, 2.05) is 24.3 Å². The first-order valence-corrected chi connectivity index (χ1v) is 6.70. The van der Waals surface area contributed by atoms with Gasteiger partial charge in [-0.1, -0.05) is 12.1 Å². The summed E-state index contributed by atoms with van der Waals surface area (Å²) in [7, 11) is 0. The number of hydrazine groups is 1. The molecule has 104 valence electrons. The Morgan fingerprint density at radius 2 is 1.79 bits per heavy atom. The average molecular weight is 262 g/mol. The monoisotopic (exact) mass is 262 g/mol. The Labute approximate surface area is 113 Å². The molecule has 5 N–H and O–H groups in total. The highest BCUT2D eigenvalue weighted by Gasteiger charge is 2.29. The SMILES string of the molecule is CC1NNC(C)C1CNC(=O)c1ccc(CN)cc1. The molecule has 1 heterocycles. The molecule has 1 aliphatic rings. The van der Waals surface area contributed by atoms with E-state index in [2.05, 4.69) is 30.0 Å². The highest BCUT2D eigenvalue weighted by Crippen LogP contribution is 2.13. The molecule has 0 spiro atoms. The standard InChI is InChI=1S/C14H22N4O/c1-9-13(10(2)18-17-9)8-16-14(19)12-5-3-11(7-15)4-6-12/h3-6,9-10,13,17-18H,7-8,15H2,1-2H3,(H,16,19). The van der Waals surface area contributed by atoms with Crippen molar-refractivity contribution in [1.29, 1.82) is 0 Å². The molecule has 5 heteroatoms. The second-order valence-electron chi connectivity index (χ2n) is 5.14. The number of amides is 1. The summed E-state index contributed by atoms with van der Waals surface area (Å²) in [5, 5.41) is 2.99. The summed E-state index contributed by atoms with van der Waals surface area (Å²) < 4.78 is 0. The first-order chi connectivity index (χ1) is 9.11. The van der Waals surface area contributed by atoms with E-state index in [1.165, 1.54) is 0 Å². The third-order valence-corrected chi connectivity index (χ3v) is 3.77. The topological polar surface area (TPSA) is 79.2 Å². The zero-order chi connectivity index (χ0) is 13.8. The van der Waals surface area contributed by atoms with Gasteiger partial charge < -0.3 is 11.1 Å². The summed E-state index contributed by atoms with van der Waals surface area (Å²) in [5.74, 6) is 0.363. The average Bonchev–Trinajstić information content (AvgIpc) is 2.75. The van der Waals surface area contributed by atoms with Gasteiger partial charge >= 0.3 is 0 Å². The Hall–Kier alpha value is -1.43. The van der Waals surface area contributed by atoms with Gasteiger partial charge in [0, 0.05) is 36.7 Å². The van der Waals surface area contributed by atoms with Crippen LogP contribution in [0.25, 0.3) is 0 Å². The third-order valence-electron chi connectivity index (χ3n) is 3.77. The van der Waals surface area contributed by atoms with Crippen molar-refractivity contribution in [3.63, 3.8) is 0 Å². The van der Waals surface area contributed by atoms with Crippen LogP contribution in [0.5, 0.6) is 0 Å². The molecule has 2 unspecified atom stereocenters. The third kappa shape index (κ3) is 3.32. The van der Waals surface area contributed by atoms with Crippen molar-refractivity contribution in [2.75, 3.05) is 6.54 Å². The fraction of sp³-hybridized carbons (Fsp3) is 0.500. The van der Waals surface area contributed by atoms with Crippen LogP contribution < -0.4 is 21.9 Å². The first kappa shape index (κ1) is 14.0. The van der Waals surface area contributed by atoms with Gasteiger partial charge in [-0.3, -0.25) is 15.6 Å². The van der Waals surface area contributed by atoms with Crippen molar-refractivity contribution < 1.29 is 4.79 Å². The van der Waals surface area contributed by atoms with E-state index in [1.54, 1.807) is 0 Å². The molecule has 2 atom stereocenters. The highest BCUT2D eigenvalue weighted by molar-refractivity contribution is 5.94. The molecule has 1 fully saturated rings. The molecular weight excluding hydrogens is 240 g/mol. The lowest BCUT2D eigenvalue weighted by Crippen LogP contribution is -2.37. The van der Waals surface area contributed by atoms with E-state index in [0.29, 0.717) is 36.7 Å². The minimum absolute atomic E-state index is 0.0325. The molecule has 1 aromatic carbocycles. The van der Waals surface area contributed by atoms with E-state index in [4.69, 9.17) is 5.73 Å². The quantitative estimate of drug-likeness (QED) is 0.632. The molecule has 0 radical (unpaired) electrons. The lowest BCUT2D eigenvalue weighted by atomic mass is 9.96. The second-order valence-corrected chi connectivity index (χ2v) is 5.14. The Bertz CT molecular complexity index is 422. The predicted octanol–water partition coefficient (Wildman–Crippen LogP) is 0.376. The van der Waals surface area contributed by atoms with Crippen LogP contribution in [-0.2, 0) is 6.54 Å². The smallest absolute Gasteiger partial charge is 0.251 e. The van der Waals surface area contributed by atoms with Crippen LogP contribution in [0, 0.1) is 5.92 Å². The molecule has 0 bridgehead atoms. The lowest BCUT2D eigenvalue weighted by molar-refractivity contribution is 0.0945. The van der Waals surface area contributed by atoms with Crippen LogP contribution in [0.3, 0.4) is 0 Å².